The third kappa shape index (κ3) is 4.86. The van der Waals surface area contributed by atoms with Gasteiger partial charge in [-0.1, -0.05) is 32.1 Å². The fourth-order valence-corrected chi connectivity index (χ4v) is 3.52. The van der Waals surface area contributed by atoms with Gasteiger partial charge in [-0.25, -0.2) is 4.79 Å². The molecule has 1 N–H and O–H groups in total. The number of benzene rings is 1. The molecule has 0 aliphatic carbocycles. The van der Waals surface area contributed by atoms with E-state index in [-0.39, 0.29) is 18.8 Å². The molecular weight excluding hydrogens is 358 g/mol. The van der Waals surface area contributed by atoms with Crippen LogP contribution in [-0.2, 0) is 16.1 Å². The second kappa shape index (κ2) is 8.97. The lowest BCUT2D eigenvalue weighted by Gasteiger charge is -2.33. The summed E-state index contributed by atoms with van der Waals surface area (Å²) >= 11 is 0. The number of carbonyl (C=O) groups excluding carboxylic acids is 1. The lowest BCUT2D eigenvalue weighted by Crippen LogP contribution is -2.44. The first-order valence-corrected chi connectivity index (χ1v) is 9.68. The van der Waals surface area contributed by atoms with Crippen molar-refractivity contribution in [3.8, 4) is 5.75 Å². The van der Waals surface area contributed by atoms with Crippen LogP contribution < -0.4 is 4.74 Å². The molecule has 1 amide bonds. The van der Waals surface area contributed by atoms with Crippen LogP contribution >= 0.6 is 0 Å². The van der Waals surface area contributed by atoms with Gasteiger partial charge in [0.25, 0.3) is 0 Å². The second-order valence-electron chi connectivity index (χ2n) is 8.46. The topological polar surface area (TPSA) is 68.2 Å². The Kier molecular flexibility index (Phi) is 7.12. The van der Waals surface area contributed by atoms with Crippen molar-refractivity contribution in [2.24, 2.45) is 5.92 Å². The number of methoxy groups -OCH3 is 1. The van der Waals surface area contributed by atoms with Crippen LogP contribution in [0.2, 0.25) is 0 Å². The molecule has 0 aromatic heterocycles. The summed E-state index contributed by atoms with van der Waals surface area (Å²) in [5, 5.41) is 9.88. The first kappa shape index (κ1) is 22.2. The molecule has 1 fully saturated rings. The average molecular weight is 392 g/mol. The number of ether oxygens (including phenoxy) is 3. The van der Waals surface area contributed by atoms with Crippen LogP contribution in [0.4, 0.5) is 4.79 Å². The Morgan fingerprint density at radius 1 is 1.39 bits per heavy atom. The van der Waals surface area contributed by atoms with Crippen molar-refractivity contribution < 1.29 is 24.1 Å². The molecule has 1 aromatic carbocycles. The summed E-state index contributed by atoms with van der Waals surface area (Å²) in [7, 11) is 1.56. The van der Waals surface area contributed by atoms with Gasteiger partial charge in [0.1, 0.15) is 11.4 Å². The van der Waals surface area contributed by atoms with E-state index in [9.17, 15) is 9.90 Å². The molecule has 0 radical (unpaired) electrons. The maximum atomic E-state index is 13.2. The molecule has 6 heteroatoms. The van der Waals surface area contributed by atoms with Crippen LogP contribution in [0.25, 0.3) is 0 Å². The van der Waals surface area contributed by atoms with Crippen LogP contribution in [0.5, 0.6) is 5.75 Å². The van der Waals surface area contributed by atoms with Gasteiger partial charge in [-0.3, -0.25) is 4.90 Å². The Morgan fingerprint density at radius 3 is 2.57 bits per heavy atom. The molecule has 0 bridgehead atoms. The standard InChI is InChI=1S/C22H33NO5/c1-8-17-16(12-14(2)3)23(21(25)28-22(4,5)6)20(27-17)19-15(13-24)10-9-11-18(19)26-7/h8-11,14,16-17,20,24H,1,12-13H2,2-7H3/t16-,17-,20?/m0/s1. The molecule has 1 unspecified atom stereocenters. The van der Waals surface area contributed by atoms with Crippen molar-refractivity contribution in [3.63, 3.8) is 0 Å². The molecule has 0 spiro atoms. The zero-order chi connectivity index (χ0) is 21.1. The Balaban J connectivity index is 2.57. The van der Waals surface area contributed by atoms with E-state index in [1.165, 1.54) is 0 Å². The van der Waals surface area contributed by atoms with Gasteiger partial charge >= 0.3 is 6.09 Å². The van der Waals surface area contributed by atoms with Crippen molar-refractivity contribution in [2.45, 2.75) is 71.6 Å². The van der Waals surface area contributed by atoms with Crippen LogP contribution in [0.3, 0.4) is 0 Å². The fraction of sp³-hybridized carbons (Fsp3) is 0.591. The quantitative estimate of drug-likeness (QED) is 0.727. The predicted molar refractivity (Wildman–Crippen MR) is 108 cm³/mol. The summed E-state index contributed by atoms with van der Waals surface area (Å²) in [6.07, 6.45) is 0.910. The van der Waals surface area contributed by atoms with Crippen molar-refractivity contribution in [3.05, 3.63) is 42.0 Å². The molecule has 1 aliphatic heterocycles. The molecule has 1 aromatic rings. The summed E-state index contributed by atoms with van der Waals surface area (Å²) in [5.74, 6) is 0.896. The lowest BCUT2D eigenvalue weighted by molar-refractivity contribution is -0.0206. The molecule has 6 nitrogen and oxygen atoms in total. The minimum absolute atomic E-state index is 0.192. The van der Waals surface area contributed by atoms with E-state index in [0.717, 1.165) is 6.42 Å². The number of aliphatic hydroxyl groups is 1. The largest absolute Gasteiger partial charge is 0.496 e. The SMILES string of the molecule is C=C[C@@H]1OC(c2c(CO)cccc2OC)N(C(=O)OC(C)(C)C)[C@H]1CC(C)C. The summed E-state index contributed by atoms with van der Waals surface area (Å²) in [6.45, 7) is 13.4. The van der Waals surface area contributed by atoms with E-state index in [4.69, 9.17) is 14.2 Å². The third-order valence-corrected chi connectivity index (χ3v) is 4.62. The molecule has 3 atom stereocenters. The molecule has 28 heavy (non-hydrogen) atoms. The number of rotatable bonds is 6. The van der Waals surface area contributed by atoms with E-state index in [1.54, 1.807) is 36.3 Å². The maximum Gasteiger partial charge on any atom is 0.412 e. The van der Waals surface area contributed by atoms with Gasteiger partial charge in [-0.15, -0.1) is 6.58 Å². The zero-order valence-corrected chi connectivity index (χ0v) is 17.8. The van der Waals surface area contributed by atoms with Crippen LogP contribution in [0.15, 0.2) is 30.9 Å². The van der Waals surface area contributed by atoms with Gasteiger partial charge in [-0.05, 0) is 44.7 Å². The van der Waals surface area contributed by atoms with Crippen molar-refractivity contribution in [1.29, 1.82) is 0 Å². The van der Waals surface area contributed by atoms with Crippen molar-refractivity contribution in [1.82, 2.24) is 4.90 Å². The highest BCUT2D eigenvalue weighted by Crippen LogP contribution is 2.43. The van der Waals surface area contributed by atoms with Crippen molar-refractivity contribution >= 4 is 6.09 Å². The number of hydrogen-bond donors (Lipinski definition) is 1. The average Bonchev–Trinajstić information content (AvgIpc) is 2.96. The van der Waals surface area contributed by atoms with E-state index < -0.39 is 17.9 Å². The summed E-state index contributed by atoms with van der Waals surface area (Å²) in [4.78, 5) is 14.8. The Hall–Kier alpha value is -2.05. The molecule has 1 aliphatic rings. The first-order valence-electron chi connectivity index (χ1n) is 9.68. The Morgan fingerprint density at radius 2 is 2.07 bits per heavy atom. The smallest absolute Gasteiger partial charge is 0.412 e. The van der Waals surface area contributed by atoms with Gasteiger partial charge in [0, 0.05) is 5.56 Å². The number of aliphatic hydroxyl groups excluding tert-OH is 1. The minimum Gasteiger partial charge on any atom is -0.496 e. The van der Waals surface area contributed by atoms with E-state index >= 15 is 0 Å². The van der Waals surface area contributed by atoms with Gasteiger partial charge < -0.3 is 19.3 Å². The molecule has 2 rings (SSSR count). The molecule has 1 saturated heterocycles. The highest BCUT2D eigenvalue weighted by atomic mass is 16.6. The second-order valence-corrected chi connectivity index (χ2v) is 8.46. The van der Waals surface area contributed by atoms with Crippen LogP contribution in [0.1, 0.15) is 58.4 Å². The molecule has 156 valence electrons. The highest BCUT2D eigenvalue weighted by molar-refractivity contribution is 5.70. The van der Waals surface area contributed by atoms with Crippen molar-refractivity contribution in [2.75, 3.05) is 7.11 Å². The monoisotopic (exact) mass is 391 g/mol. The third-order valence-electron chi connectivity index (χ3n) is 4.62. The van der Waals surface area contributed by atoms with E-state index in [0.29, 0.717) is 22.8 Å². The van der Waals surface area contributed by atoms with Gasteiger partial charge in [-0.2, -0.15) is 0 Å². The summed E-state index contributed by atoms with van der Waals surface area (Å²) in [6, 6.07) is 5.17. The lowest BCUT2D eigenvalue weighted by atomic mass is 9.98. The van der Waals surface area contributed by atoms with Gasteiger partial charge in [0.2, 0.25) is 0 Å². The number of nitrogens with zero attached hydrogens (tertiary/aromatic N) is 1. The number of carbonyl (C=O) groups is 1. The number of amides is 1. The summed E-state index contributed by atoms with van der Waals surface area (Å²) in [5.41, 5.74) is 0.638. The van der Waals surface area contributed by atoms with E-state index in [1.807, 2.05) is 20.8 Å². The number of hydrogen-bond acceptors (Lipinski definition) is 5. The maximum absolute atomic E-state index is 13.2. The van der Waals surface area contributed by atoms with Crippen LogP contribution in [-0.4, -0.2) is 41.0 Å². The minimum atomic E-state index is -0.736. The Labute approximate surface area is 168 Å². The Bertz CT molecular complexity index is 672. The predicted octanol–water partition coefficient (Wildman–Crippen LogP) is 4.42. The van der Waals surface area contributed by atoms with Gasteiger partial charge in [0.15, 0.2) is 6.23 Å². The highest BCUT2D eigenvalue weighted by Gasteiger charge is 2.47. The molecular formula is C22H33NO5. The molecule has 1 heterocycles. The normalized spacial score (nSPS) is 22.4. The zero-order valence-electron chi connectivity index (χ0n) is 17.8. The van der Waals surface area contributed by atoms with Gasteiger partial charge in [0.05, 0.1) is 25.9 Å². The van der Waals surface area contributed by atoms with E-state index in [2.05, 4.69) is 20.4 Å². The molecule has 0 saturated carbocycles. The first-order chi connectivity index (χ1) is 13.1. The summed E-state index contributed by atoms with van der Waals surface area (Å²) < 4.78 is 17.5. The fourth-order valence-electron chi connectivity index (χ4n) is 3.52. The van der Waals surface area contributed by atoms with Crippen LogP contribution in [0, 0.1) is 5.92 Å².